The Bertz CT molecular complexity index is 1350. The van der Waals surface area contributed by atoms with Crippen LogP contribution in [0.4, 0.5) is 5.69 Å². The Hall–Kier alpha value is -3.87. The van der Waals surface area contributed by atoms with Crippen molar-refractivity contribution in [2.75, 3.05) is 24.6 Å². The van der Waals surface area contributed by atoms with Crippen molar-refractivity contribution in [3.63, 3.8) is 0 Å². The highest BCUT2D eigenvalue weighted by Crippen LogP contribution is 2.27. The van der Waals surface area contributed by atoms with Crippen molar-refractivity contribution in [1.82, 2.24) is 9.55 Å². The molecule has 4 rings (SSSR count). The summed E-state index contributed by atoms with van der Waals surface area (Å²) in [6.07, 6.45) is 1.12. The molecule has 0 saturated heterocycles. The molecule has 7 heteroatoms. The molecule has 0 saturated carbocycles. The summed E-state index contributed by atoms with van der Waals surface area (Å²) in [5.41, 5.74) is 3.02. The minimum absolute atomic E-state index is 0.129. The van der Waals surface area contributed by atoms with Crippen molar-refractivity contribution >= 4 is 33.7 Å². The Morgan fingerprint density at radius 1 is 1.19 bits per heavy atom. The first-order valence-electron chi connectivity index (χ1n) is 10.6. The Morgan fingerprint density at radius 3 is 2.72 bits per heavy atom. The van der Waals surface area contributed by atoms with Crippen LogP contribution in [-0.2, 0) is 16.1 Å². The summed E-state index contributed by atoms with van der Waals surface area (Å²) in [6.45, 7) is 9.79. The zero-order valence-electron chi connectivity index (χ0n) is 18.2. The van der Waals surface area contributed by atoms with Gasteiger partial charge in [0, 0.05) is 36.3 Å². The molecule has 0 aliphatic heterocycles. The minimum Gasteiger partial charge on any atom is -0.461 e. The molecule has 0 unspecified atom stereocenters. The Labute approximate surface area is 185 Å². The average molecular weight is 431 g/mol. The average Bonchev–Trinajstić information content (AvgIpc) is 3.17. The first kappa shape index (κ1) is 21.4. The standard InChI is InChI=1S/C25H25N3O4/c1-4-23(29)31-14-13-28-21-10-8-7-9-20(21)26-24(28)19-15-17-11-12-18(27(5-2)6-3)16-22(17)32-25(19)30/h4,7-12,15-16H,1,5-6,13-14H2,2-3H3. The van der Waals surface area contributed by atoms with Crippen LogP contribution < -0.4 is 10.5 Å². The van der Waals surface area contributed by atoms with Gasteiger partial charge in [-0.05, 0) is 44.2 Å². The number of carbonyl (C=O) groups excluding carboxylic acids is 1. The van der Waals surface area contributed by atoms with Crippen molar-refractivity contribution in [3.8, 4) is 11.4 Å². The van der Waals surface area contributed by atoms with Gasteiger partial charge in [-0.15, -0.1) is 0 Å². The molecule has 0 radical (unpaired) electrons. The van der Waals surface area contributed by atoms with E-state index in [2.05, 4.69) is 30.3 Å². The maximum Gasteiger partial charge on any atom is 0.347 e. The molecule has 0 N–H and O–H groups in total. The maximum absolute atomic E-state index is 13.0. The molecule has 2 aromatic heterocycles. The fourth-order valence-electron chi connectivity index (χ4n) is 3.85. The third-order valence-corrected chi connectivity index (χ3v) is 5.47. The lowest BCUT2D eigenvalue weighted by Crippen LogP contribution is -2.21. The fourth-order valence-corrected chi connectivity index (χ4v) is 3.85. The van der Waals surface area contributed by atoms with E-state index >= 15 is 0 Å². The van der Waals surface area contributed by atoms with Crippen LogP contribution in [0.3, 0.4) is 0 Å². The van der Waals surface area contributed by atoms with Crippen LogP contribution in [0.15, 0.2) is 70.4 Å². The SMILES string of the molecule is C=CC(=O)OCCn1c(-c2cc3ccc(N(CC)CC)cc3oc2=O)nc2ccccc21. The zero-order chi connectivity index (χ0) is 22.7. The second-order valence-electron chi connectivity index (χ2n) is 7.29. The van der Waals surface area contributed by atoms with E-state index in [1.54, 1.807) is 6.07 Å². The highest BCUT2D eigenvalue weighted by atomic mass is 16.5. The minimum atomic E-state index is -0.495. The van der Waals surface area contributed by atoms with Crippen molar-refractivity contribution in [2.45, 2.75) is 20.4 Å². The summed E-state index contributed by atoms with van der Waals surface area (Å²) < 4.78 is 12.7. The zero-order valence-corrected chi connectivity index (χ0v) is 18.2. The van der Waals surface area contributed by atoms with Crippen molar-refractivity contribution in [1.29, 1.82) is 0 Å². The summed E-state index contributed by atoms with van der Waals surface area (Å²) in [5.74, 6) is -0.0190. The number of fused-ring (bicyclic) bond motifs is 2. The Kier molecular flexibility index (Phi) is 6.07. The van der Waals surface area contributed by atoms with Crippen LogP contribution in [0.5, 0.6) is 0 Å². The van der Waals surface area contributed by atoms with E-state index < -0.39 is 11.6 Å². The second kappa shape index (κ2) is 9.09. The number of nitrogens with zero attached hydrogens (tertiary/aromatic N) is 3. The van der Waals surface area contributed by atoms with Crippen LogP contribution in [0.25, 0.3) is 33.4 Å². The van der Waals surface area contributed by atoms with E-state index in [0.717, 1.165) is 41.3 Å². The molecule has 0 amide bonds. The van der Waals surface area contributed by atoms with Gasteiger partial charge in [0.25, 0.3) is 0 Å². The van der Waals surface area contributed by atoms with E-state index in [9.17, 15) is 9.59 Å². The van der Waals surface area contributed by atoms with Gasteiger partial charge in [0.2, 0.25) is 0 Å². The summed E-state index contributed by atoms with van der Waals surface area (Å²) in [5, 5.41) is 0.812. The number of benzene rings is 2. The summed E-state index contributed by atoms with van der Waals surface area (Å²) in [6, 6.07) is 15.3. The number of rotatable bonds is 8. The molecule has 0 fully saturated rings. The van der Waals surface area contributed by atoms with E-state index in [1.807, 2.05) is 47.0 Å². The van der Waals surface area contributed by atoms with Crippen molar-refractivity contribution < 1.29 is 13.9 Å². The number of imidazole rings is 1. The molecule has 32 heavy (non-hydrogen) atoms. The van der Waals surface area contributed by atoms with Crippen molar-refractivity contribution in [3.05, 3.63) is 71.6 Å². The van der Waals surface area contributed by atoms with Gasteiger partial charge in [-0.25, -0.2) is 14.6 Å². The number of ether oxygens (including phenoxy) is 1. The maximum atomic E-state index is 13.0. The molecule has 0 bridgehead atoms. The molecule has 0 aliphatic carbocycles. The largest absolute Gasteiger partial charge is 0.461 e. The number of carbonyl (C=O) groups is 1. The number of hydrogen-bond donors (Lipinski definition) is 0. The predicted molar refractivity (Wildman–Crippen MR) is 126 cm³/mol. The van der Waals surface area contributed by atoms with Gasteiger partial charge in [0.05, 0.1) is 17.6 Å². The van der Waals surface area contributed by atoms with Crippen LogP contribution in [0.2, 0.25) is 0 Å². The van der Waals surface area contributed by atoms with Gasteiger partial charge < -0.3 is 18.6 Å². The van der Waals surface area contributed by atoms with E-state index in [-0.39, 0.29) is 6.61 Å². The number of anilines is 1. The molecular weight excluding hydrogens is 406 g/mol. The van der Waals surface area contributed by atoms with Crippen LogP contribution in [0, 0.1) is 0 Å². The number of para-hydroxylation sites is 2. The molecule has 0 atom stereocenters. The lowest BCUT2D eigenvalue weighted by Gasteiger charge is -2.21. The lowest BCUT2D eigenvalue weighted by atomic mass is 10.1. The Balaban J connectivity index is 1.80. The van der Waals surface area contributed by atoms with Crippen LogP contribution in [0.1, 0.15) is 13.8 Å². The molecule has 4 aromatic rings. The van der Waals surface area contributed by atoms with Gasteiger partial charge in [-0.1, -0.05) is 18.7 Å². The summed E-state index contributed by atoms with van der Waals surface area (Å²) in [7, 11) is 0. The molecular formula is C25H25N3O4. The number of aromatic nitrogens is 2. The highest BCUT2D eigenvalue weighted by molar-refractivity contribution is 5.86. The highest BCUT2D eigenvalue weighted by Gasteiger charge is 2.18. The van der Waals surface area contributed by atoms with E-state index in [0.29, 0.717) is 23.5 Å². The molecule has 7 nitrogen and oxygen atoms in total. The van der Waals surface area contributed by atoms with Gasteiger partial charge in [-0.3, -0.25) is 0 Å². The first-order chi connectivity index (χ1) is 15.5. The third-order valence-electron chi connectivity index (χ3n) is 5.47. The van der Waals surface area contributed by atoms with Gasteiger partial charge in [0.1, 0.15) is 23.6 Å². The Morgan fingerprint density at radius 2 is 1.97 bits per heavy atom. The predicted octanol–water partition coefficient (Wildman–Crippen LogP) is 4.39. The lowest BCUT2D eigenvalue weighted by molar-refractivity contribution is -0.137. The van der Waals surface area contributed by atoms with Gasteiger partial charge >= 0.3 is 11.6 Å². The van der Waals surface area contributed by atoms with Crippen LogP contribution >= 0.6 is 0 Å². The first-order valence-corrected chi connectivity index (χ1v) is 10.6. The summed E-state index contributed by atoms with van der Waals surface area (Å²) in [4.78, 5) is 31.3. The number of hydrogen-bond acceptors (Lipinski definition) is 6. The van der Waals surface area contributed by atoms with E-state index in [4.69, 9.17) is 9.15 Å². The van der Waals surface area contributed by atoms with Crippen LogP contribution in [-0.4, -0.2) is 35.2 Å². The molecule has 164 valence electrons. The number of esters is 1. The van der Waals surface area contributed by atoms with Gasteiger partial charge in [-0.2, -0.15) is 0 Å². The molecule has 0 spiro atoms. The monoisotopic (exact) mass is 431 g/mol. The molecule has 2 heterocycles. The summed E-state index contributed by atoms with van der Waals surface area (Å²) >= 11 is 0. The third kappa shape index (κ3) is 4.01. The van der Waals surface area contributed by atoms with Crippen molar-refractivity contribution in [2.24, 2.45) is 0 Å². The topological polar surface area (TPSA) is 77.6 Å². The normalized spacial score (nSPS) is 11.1. The van der Waals surface area contributed by atoms with E-state index in [1.165, 1.54) is 0 Å². The molecule has 2 aromatic carbocycles. The quantitative estimate of drug-likeness (QED) is 0.234. The smallest absolute Gasteiger partial charge is 0.347 e. The second-order valence-corrected chi connectivity index (χ2v) is 7.29. The van der Waals surface area contributed by atoms with Gasteiger partial charge in [0.15, 0.2) is 0 Å². The fraction of sp³-hybridized carbons (Fsp3) is 0.240. The molecule has 0 aliphatic rings.